The second-order valence-corrected chi connectivity index (χ2v) is 6.86. The summed E-state index contributed by atoms with van der Waals surface area (Å²) >= 11 is 0.959. The fraction of sp³-hybridized carbons (Fsp3) is 0.353. The number of carbonyl (C=O) groups excluding carboxylic acids is 1. The smallest absolute Gasteiger partial charge is 0.272 e. The van der Waals surface area contributed by atoms with E-state index >= 15 is 0 Å². The largest absolute Gasteiger partial charge is 0.346 e. The number of hydrogen-bond acceptors (Lipinski definition) is 6. The first kappa shape index (κ1) is 19.6. The quantitative estimate of drug-likeness (QED) is 0.472. The van der Waals surface area contributed by atoms with Gasteiger partial charge in [0, 0.05) is 14.1 Å². The Morgan fingerprint density at radius 2 is 1.92 bits per heavy atom. The van der Waals surface area contributed by atoms with Crippen LogP contribution in [0.25, 0.3) is 0 Å². The van der Waals surface area contributed by atoms with Crippen molar-refractivity contribution >= 4 is 23.4 Å². The van der Waals surface area contributed by atoms with Crippen LogP contribution in [0.15, 0.2) is 37.9 Å². The zero-order valence-corrected chi connectivity index (χ0v) is 16.2. The van der Waals surface area contributed by atoms with E-state index in [1.54, 1.807) is 0 Å². The van der Waals surface area contributed by atoms with E-state index in [9.17, 15) is 14.4 Å². The third-order valence-electron chi connectivity index (χ3n) is 3.91. The molecule has 0 aliphatic carbocycles. The summed E-state index contributed by atoms with van der Waals surface area (Å²) in [6.07, 6.45) is 0. The maximum Gasteiger partial charge on any atom is 0.346 e. The van der Waals surface area contributed by atoms with Crippen LogP contribution in [0.2, 0.25) is 0 Å². The maximum absolute atomic E-state index is 12.0. The van der Waals surface area contributed by atoms with Crippen LogP contribution in [0.3, 0.4) is 0 Å². The monoisotopic (exact) mass is 375 g/mol. The third kappa shape index (κ3) is 4.48. The molecule has 0 spiro atoms. The Hall–Kier alpha value is -2.68. The lowest BCUT2D eigenvalue weighted by Crippen LogP contribution is -2.39. The number of amides is 1. The fourth-order valence-corrected chi connectivity index (χ4v) is 2.88. The van der Waals surface area contributed by atoms with Gasteiger partial charge in [0.25, 0.3) is 5.56 Å². The van der Waals surface area contributed by atoms with Crippen LogP contribution in [-0.4, -0.2) is 31.7 Å². The number of hydrogen-bond donors (Lipinski definition) is 1. The van der Waals surface area contributed by atoms with E-state index in [-0.39, 0.29) is 16.7 Å². The van der Waals surface area contributed by atoms with E-state index in [1.165, 1.54) is 19.7 Å². The highest BCUT2D eigenvalue weighted by molar-refractivity contribution is 7.99. The molecule has 138 valence electrons. The molecule has 26 heavy (non-hydrogen) atoms. The first-order valence-corrected chi connectivity index (χ1v) is 8.87. The molecule has 2 aromatic rings. The number of nitrogens with one attached hydrogen (secondary N) is 1. The number of carbonyl (C=O) groups is 1. The van der Waals surface area contributed by atoms with Crippen molar-refractivity contribution in [3.05, 3.63) is 55.7 Å². The van der Waals surface area contributed by atoms with E-state index in [2.05, 4.69) is 15.6 Å². The van der Waals surface area contributed by atoms with Gasteiger partial charge in [-0.15, -0.1) is 0 Å². The zero-order valence-electron chi connectivity index (χ0n) is 15.4. The lowest BCUT2D eigenvalue weighted by Gasteiger charge is -2.06. The molecule has 0 aliphatic heterocycles. The average Bonchev–Trinajstić information content (AvgIpc) is 2.62. The summed E-state index contributed by atoms with van der Waals surface area (Å²) in [6, 6.07) is 5.95. The molecule has 0 radical (unpaired) electrons. The van der Waals surface area contributed by atoms with Gasteiger partial charge in [0.05, 0.1) is 11.5 Å². The van der Waals surface area contributed by atoms with Gasteiger partial charge in [-0.1, -0.05) is 23.9 Å². The van der Waals surface area contributed by atoms with E-state index in [0.29, 0.717) is 5.71 Å². The molecule has 0 unspecified atom stereocenters. The van der Waals surface area contributed by atoms with Crippen LogP contribution < -0.4 is 16.7 Å². The molecular weight excluding hydrogens is 354 g/mol. The summed E-state index contributed by atoms with van der Waals surface area (Å²) in [5.41, 5.74) is 5.37. The number of benzene rings is 1. The molecule has 1 aromatic heterocycles. The van der Waals surface area contributed by atoms with Gasteiger partial charge in [0.2, 0.25) is 5.91 Å². The van der Waals surface area contributed by atoms with Crippen molar-refractivity contribution < 1.29 is 4.79 Å². The second-order valence-electron chi connectivity index (χ2n) is 5.90. The standard InChI is InChI=1S/C17H21N5O3S/c1-10-6-7-13(8-11(10)2)12(3)18-19-14(23)9-26-15-16(24)21(4)17(25)22(5)20-15/h6-8H,9H2,1-5H3,(H,19,23)/b18-12-. The Morgan fingerprint density at radius 1 is 1.23 bits per heavy atom. The van der Waals surface area contributed by atoms with Gasteiger partial charge in [-0.25, -0.2) is 14.9 Å². The summed E-state index contributed by atoms with van der Waals surface area (Å²) < 4.78 is 2.01. The number of hydrazone groups is 1. The first-order chi connectivity index (χ1) is 12.2. The summed E-state index contributed by atoms with van der Waals surface area (Å²) in [7, 11) is 2.82. The molecule has 0 aliphatic rings. The van der Waals surface area contributed by atoms with Gasteiger partial charge in [0.15, 0.2) is 5.03 Å². The van der Waals surface area contributed by atoms with Crippen molar-refractivity contribution in [2.24, 2.45) is 19.2 Å². The molecule has 0 atom stereocenters. The predicted octanol–water partition coefficient (Wildman–Crippen LogP) is 0.728. The molecule has 0 saturated carbocycles. The molecule has 9 heteroatoms. The Labute approximate surface area is 154 Å². The molecule has 1 N–H and O–H groups in total. The van der Waals surface area contributed by atoms with Gasteiger partial charge >= 0.3 is 5.69 Å². The third-order valence-corrected chi connectivity index (χ3v) is 4.84. The van der Waals surface area contributed by atoms with E-state index < -0.39 is 11.2 Å². The van der Waals surface area contributed by atoms with Crippen molar-refractivity contribution in [2.75, 3.05) is 5.75 Å². The van der Waals surface area contributed by atoms with Gasteiger partial charge in [-0.3, -0.25) is 14.2 Å². The van der Waals surface area contributed by atoms with Gasteiger partial charge in [-0.05, 0) is 43.5 Å². The molecule has 1 amide bonds. The Kier molecular flexibility index (Phi) is 6.14. The number of aryl methyl sites for hydroxylation is 3. The molecular formula is C17H21N5O3S. The van der Waals surface area contributed by atoms with Gasteiger partial charge < -0.3 is 0 Å². The minimum atomic E-state index is -0.527. The fourth-order valence-electron chi connectivity index (χ4n) is 2.10. The number of thioether (sulfide) groups is 1. The molecule has 1 heterocycles. The zero-order chi connectivity index (χ0) is 19.4. The van der Waals surface area contributed by atoms with Crippen LogP contribution in [-0.2, 0) is 18.9 Å². The molecule has 0 bridgehead atoms. The van der Waals surface area contributed by atoms with Crippen LogP contribution in [0.1, 0.15) is 23.6 Å². The van der Waals surface area contributed by atoms with Crippen LogP contribution in [0.4, 0.5) is 0 Å². The highest BCUT2D eigenvalue weighted by Crippen LogP contribution is 2.11. The van der Waals surface area contributed by atoms with Crippen molar-refractivity contribution in [2.45, 2.75) is 25.8 Å². The molecule has 8 nitrogen and oxygen atoms in total. The van der Waals surface area contributed by atoms with Gasteiger partial charge in [0.1, 0.15) is 0 Å². The lowest BCUT2D eigenvalue weighted by atomic mass is 10.0. The molecule has 0 fully saturated rings. The average molecular weight is 375 g/mol. The first-order valence-electron chi connectivity index (χ1n) is 7.88. The highest BCUT2D eigenvalue weighted by Gasteiger charge is 2.11. The number of aromatic nitrogens is 3. The highest BCUT2D eigenvalue weighted by atomic mass is 32.2. The van der Waals surface area contributed by atoms with Gasteiger partial charge in [-0.2, -0.15) is 10.2 Å². The summed E-state index contributed by atoms with van der Waals surface area (Å²) in [5, 5.41) is 8.06. The Balaban J connectivity index is 2.02. The normalized spacial score (nSPS) is 11.5. The van der Waals surface area contributed by atoms with Crippen LogP contribution >= 0.6 is 11.8 Å². The molecule has 0 saturated heterocycles. The summed E-state index contributed by atoms with van der Waals surface area (Å²) in [6.45, 7) is 5.85. The number of rotatable bonds is 5. The summed E-state index contributed by atoms with van der Waals surface area (Å²) in [5.74, 6) is -0.402. The van der Waals surface area contributed by atoms with Crippen molar-refractivity contribution in [1.29, 1.82) is 0 Å². The minimum absolute atomic E-state index is 0.0376. The Bertz CT molecular complexity index is 991. The van der Waals surface area contributed by atoms with Crippen molar-refractivity contribution in [1.82, 2.24) is 19.8 Å². The lowest BCUT2D eigenvalue weighted by molar-refractivity contribution is -0.118. The SMILES string of the molecule is C/C(=N/NC(=O)CSc1nn(C)c(=O)n(C)c1=O)c1ccc(C)c(C)c1. The maximum atomic E-state index is 12.0. The number of nitrogens with zero attached hydrogens (tertiary/aromatic N) is 4. The topological polar surface area (TPSA) is 98.3 Å². The summed E-state index contributed by atoms with van der Waals surface area (Å²) in [4.78, 5) is 35.5. The van der Waals surface area contributed by atoms with Crippen molar-refractivity contribution in [3.63, 3.8) is 0 Å². The molecule has 2 rings (SSSR count). The Morgan fingerprint density at radius 3 is 2.58 bits per heavy atom. The van der Waals surface area contributed by atoms with E-state index in [4.69, 9.17) is 0 Å². The van der Waals surface area contributed by atoms with Crippen LogP contribution in [0, 0.1) is 13.8 Å². The van der Waals surface area contributed by atoms with E-state index in [1.807, 2.05) is 39.0 Å². The minimum Gasteiger partial charge on any atom is -0.272 e. The van der Waals surface area contributed by atoms with E-state index in [0.717, 1.165) is 32.1 Å². The van der Waals surface area contributed by atoms with Crippen molar-refractivity contribution in [3.8, 4) is 0 Å². The second kappa shape index (κ2) is 8.13. The predicted molar refractivity (Wildman–Crippen MR) is 102 cm³/mol. The molecule has 1 aromatic carbocycles. The van der Waals surface area contributed by atoms with Crippen LogP contribution in [0.5, 0.6) is 0 Å².